The number of carbonyl (C=O) groups excluding carboxylic acids is 1. The summed E-state index contributed by atoms with van der Waals surface area (Å²) in [5, 5.41) is 5.14. The Labute approximate surface area is 106 Å². The average Bonchev–Trinajstić information content (AvgIpc) is 2.63. The van der Waals surface area contributed by atoms with Crippen LogP contribution in [0.4, 0.5) is 13.2 Å². The van der Waals surface area contributed by atoms with Gasteiger partial charge in [-0.05, 0) is 32.2 Å². The Bertz CT molecular complexity index is 296. The molecule has 1 aliphatic rings. The molecule has 6 heteroatoms. The van der Waals surface area contributed by atoms with Crippen LogP contribution in [0.15, 0.2) is 0 Å². The van der Waals surface area contributed by atoms with Crippen molar-refractivity contribution in [3.63, 3.8) is 0 Å². The predicted octanol–water partition coefficient (Wildman–Crippen LogP) is 2.08. The molecule has 1 heterocycles. The fourth-order valence-corrected chi connectivity index (χ4v) is 2.38. The Balaban J connectivity index is 2.73. The van der Waals surface area contributed by atoms with Gasteiger partial charge >= 0.3 is 6.18 Å². The van der Waals surface area contributed by atoms with Crippen LogP contribution < -0.4 is 10.6 Å². The lowest BCUT2D eigenvalue weighted by Gasteiger charge is -2.31. The summed E-state index contributed by atoms with van der Waals surface area (Å²) in [4.78, 5) is 11.9. The summed E-state index contributed by atoms with van der Waals surface area (Å²) in [6, 6.07) is -0.239. The number of nitrogens with one attached hydrogen (secondary N) is 2. The molecule has 0 bridgehead atoms. The van der Waals surface area contributed by atoms with Gasteiger partial charge in [-0.2, -0.15) is 13.2 Å². The Morgan fingerprint density at radius 2 is 2.00 bits per heavy atom. The average molecular weight is 266 g/mol. The van der Waals surface area contributed by atoms with Gasteiger partial charge in [0, 0.05) is 12.6 Å². The molecule has 1 aliphatic heterocycles. The van der Waals surface area contributed by atoms with Crippen molar-refractivity contribution in [3.8, 4) is 0 Å². The highest BCUT2D eigenvalue weighted by atomic mass is 19.4. The number of amides is 1. The van der Waals surface area contributed by atoms with Crippen LogP contribution in [0.5, 0.6) is 0 Å². The molecule has 3 nitrogen and oxygen atoms in total. The minimum Gasteiger partial charge on any atom is -0.353 e. The third-order valence-electron chi connectivity index (χ3n) is 3.34. The van der Waals surface area contributed by atoms with E-state index < -0.39 is 17.5 Å². The number of hydrogen-bond acceptors (Lipinski definition) is 2. The quantitative estimate of drug-likeness (QED) is 0.818. The standard InChI is InChI=1S/C12H21F3N2O/c1-8(2)6-9(3)17-10(18)11(12(13,14)15)4-5-16-7-11/h8-9,16H,4-7H2,1-3H3,(H,17,18). The van der Waals surface area contributed by atoms with Gasteiger partial charge in [0.2, 0.25) is 5.91 Å². The number of carbonyl (C=O) groups is 1. The van der Waals surface area contributed by atoms with Gasteiger partial charge in [0.1, 0.15) is 0 Å². The number of halogens is 3. The summed E-state index contributed by atoms with van der Waals surface area (Å²) in [7, 11) is 0. The van der Waals surface area contributed by atoms with Crippen molar-refractivity contribution in [1.82, 2.24) is 10.6 Å². The van der Waals surface area contributed by atoms with E-state index in [0.29, 0.717) is 12.3 Å². The first-order valence-corrected chi connectivity index (χ1v) is 6.27. The molecule has 1 rings (SSSR count). The van der Waals surface area contributed by atoms with E-state index in [4.69, 9.17) is 0 Å². The van der Waals surface area contributed by atoms with E-state index in [1.165, 1.54) is 0 Å². The predicted molar refractivity (Wildman–Crippen MR) is 63.0 cm³/mol. The zero-order chi connectivity index (χ0) is 14.0. The van der Waals surface area contributed by atoms with Gasteiger partial charge in [-0.15, -0.1) is 0 Å². The van der Waals surface area contributed by atoms with E-state index in [1.54, 1.807) is 6.92 Å². The maximum Gasteiger partial charge on any atom is 0.404 e. The molecule has 1 saturated heterocycles. The highest BCUT2D eigenvalue weighted by Crippen LogP contribution is 2.43. The molecule has 2 atom stereocenters. The summed E-state index contributed by atoms with van der Waals surface area (Å²) < 4.78 is 39.2. The molecule has 0 aromatic rings. The maximum absolute atomic E-state index is 13.1. The topological polar surface area (TPSA) is 41.1 Å². The molecule has 2 N–H and O–H groups in total. The van der Waals surface area contributed by atoms with Crippen molar-refractivity contribution < 1.29 is 18.0 Å². The van der Waals surface area contributed by atoms with Crippen LogP contribution in [0.3, 0.4) is 0 Å². The first-order valence-electron chi connectivity index (χ1n) is 6.27. The Hall–Kier alpha value is -0.780. The minimum absolute atomic E-state index is 0.184. The van der Waals surface area contributed by atoms with Gasteiger partial charge in [-0.3, -0.25) is 4.79 Å². The second-order valence-corrected chi connectivity index (χ2v) is 5.51. The molecule has 1 fully saturated rings. The summed E-state index contributed by atoms with van der Waals surface area (Å²) >= 11 is 0. The first kappa shape index (κ1) is 15.3. The van der Waals surface area contributed by atoms with Gasteiger partial charge in [-0.1, -0.05) is 13.8 Å². The summed E-state index contributed by atoms with van der Waals surface area (Å²) in [5.74, 6) is -0.558. The fraction of sp³-hybridized carbons (Fsp3) is 0.917. The second kappa shape index (κ2) is 5.47. The van der Waals surface area contributed by atoms with Crippen molar-refractivity contribution in [2.45, 2.75) is 45.8 Å². The van der Waals surface area contributed by atoms with Gasteiger partial charge in [0.25, 0.3) is 0 Å². The van der Waals surface area contributed by atoms with Gasteiger partial charge in [0.05, 0.1) is 0 Å². The highest BCUT2D eigenvalue weighted by molar-refractivity contribution is 5.84. The van der Waals surface area contributed by atoms with E-state index in [0.717, 1.165) is 0 Å². The van der Waals surface area contributed by atoms with Crippen LogP contribution in [0.1, 0.15) is 33.6 Å². The van der Waals surface area contributed by atoms with Gasteiger partial charge in [-0.25, -0.2) is 0 Å². The van der Waals surface area contributed by atoms with Crippen LogP contribution in [0.25, 0.3) is 0 Å². The molecule has 106 valence electrons. The summed E-state index contributed by atoms with van der Waals surface area (Å²) in [5.41, 5.74) is -2.25. The molecule has 0 spiro atoms. The van der Waals surface area contributed by atoms with E-state index in [2.05, 4.69) is 10.6 Å². The van der Waals surface area contributed by atoms with Crippen molar-refractivity contribution in [3.05, 3.63) is 0 Å². The number of rotatable bonds is 4. The molecule has 0 aliphatic carbocycles. The largest absolute Gasteiger partial charge is 0.404 e. The third kappa shape index (κ3) is 3.16. The monoisotopic (exact) mass is 266 g/mol. The molecular formula is C12H21F3N2O. The molecular weight excluding hydrogens is 245 g/mol. The number of alkyl halides is 3. The molecule has 18 heavy (non-hydrogen) atoms. The number of hydrogen-bond donors (Lipinski definition) is 2. The second-order valence-electron chi connectivity index (χ2n) is 5.51. The first-order chi connectivity index (χ1) is 8.19. The summed E-state index contributed by atoms with van der Waals surface area (Å²) in [6.07, 6.45) is -4.01. The van der Waals surface area contributed by atoms with Crippen LogP contribution in [-0.4, -0.2) is 31.2 Å². The summed E-state index contributed by atoms with van der Waals surface area (Å²) in [6.45, 7) is 5.59. The van der Waals surface area contributed by atoms with E-state index in [1.807, 2.05) is 13.8 Å². The molecule has 1 amide bonds. The Morgan fingerprint density at radius 1 is 1.39 bits per heavy atom. The maximum atomic E-state index is 13.1. The van der Waals surface area contributed by atoms with E-state index in [-0.39, 0.29) is 25.6 Å². The smallest absolute Gasteiger partial charge is 0.353 e. The van der Waals surface area contributed by atoms with E-state index >= 15 is 0 Å². The third-order valence-corrected chi connectivity index (χ3v) is 3.34. The molecule has 0 aromatic heterocycles. The van der Waals surface area contributed by atoms with Crippen LogP contribution in [-0.2, 0) is 4.79 Å². The van der Waals surface area contributed by atoms with Gasteiger partial charge in [0.15, 0.2) is 5.41 Å². The van der Waals surface area contributed by atoms with Crippen molar-refractivity contribution in [2.75, 3.05) is 13.1 Å². The highest BCUT2D eigenvalue weighted by Gasteiger charge is 2.61. The normalized spacial score (nSPS) is 26.4. The van der Waals surface area contributed by atoms with Crippen molar-refractivity contribution >= 4 is 5.91 Å². The van der Waals surface area contributed by atoms with Crippen LogP contribution in [0.2, 0.25) is 0 Å². The molecule has 0 aromatic carbocycles. The fourth-order valence-electron chi connectivity index (χ4n) is 2.38. The molecule has 0 saturated carbocycles. The molecule has 2 unspecified atom stereocenters. The lowest BCUT2D eigenvalue weighted by Crippen LogP contribution is -2.54. The van der Waals surface area contributed by atoms with E-state index in [9.17, 15) is 18.0 Å². The van der Waals surface area contributed by atoms with Crippen LogP contribution in [0, 0.1) is 11.3 Å². The molecule has 0 radical (unpaired) electrons. The van der Waals surface area contributed by atoms with Crippen LogP contribution >= 0.6 is 0 Å². The lowest BCUT2D eigenvalue weighted by molar-refractivity contribution is -0.216. The Morgan fingerprint density at radius 3 is 2.39 bits per heavy atom. The SMILES string of the molecule is CC(C)CC(C)NC(=O)C1(C(F)(F)F)CCNC1. The zero-order valence-corrected chi connectivity index (χ0v) is 11.0. The van der Waals surface area contributed by atoms with Gasteiger partial charge < -0.3 is 10.6 Å². The lowest BCUT2D eigenvalue weighted by atomic mass is 9.84. The van der Waals surface area contributed by atoms with Crippen molar-refractivity contribution in [2.24, 2.45) is 11.3 Å². The zero-order valence-electron chi connectivity index (χ0n) is 11.0. The van der Waals surface area contributed by atoms with Crippen molar-refractivity contribution in [1.29, 1.82) is 0 Å². The minimum atomic E-state index is -4.50. The Kier molecular flexibility index (Phi) is 4.64.